The lowest BCUT2D eigenvalue weighted by atomic mass is 10.4. The lowest BCUT2D eigenvalue weighted by Gasteiger charge is -2.20. The second kappa shape index (κ2) is 8.90. The average molecular weight is 299 g/mol. The Morgan fingerprint density at radius 1 is 1.48 bits per heavy atom. The summed E-state index contributed by atoms with van der Waals surface area (Å²) in [7, 11) is 0. The molecule has 21 heavy (non-hydrogen) atoms. The number of hydrogen-bond donors (Lipinski definition) is 2. The molecule has 0 radical (unpaired) electrons. The van der Waals surface area contributed by atoms with Crippen LogP contribution in [0.4, 0.5) is 4.79 Å². The van der Waals surface area contributed by atoms with Crippen molar-refractivity contribution in [2.45, 2.75) is 26.9 Å². The molecule has 118 valence electrons. The lowest BCUT2D eigenvalue weighted by molar-refractivity contribution is -0.137. The number of carbonyl (C=O) groups is 2. The molecule has 0 spiro atoms. The van der Waals surface area contributed by atoms with Crippen LogP contribution >= 0.6 is 0 Å². The van der Waals surface area contributed by atoms with E-state index < -0.39 is 5.97 Å². The fourth-order valence-electron chi connectivity index (χ4n) is 1.64. The first-order valence-electron chi connectivity index (χ1n) is 6.78. The fraction of sp³-hybridized carbons (Fsp3) is 0.667. The Morgan fingerprint density at radius 2 is 2.24 bits per heavy atom. The van der Waals surface area contributed by atoms with E-state index in [1.54, 1.807) is 4.90 Å². The first-order valence-corrected chi connectivity index (χ1v) is 6.78. The van der Waals surface area contributed by atoms with Gasteiger partial charge in [0.2, 0.25) is 0 Å². The second-order valence-electron chi connectivity index (χ2n) is 4.24. The van der Waals surface area contributed by atoms with Gasteiger partial charge in [-0.25, -0.2) is 9.48 Å². The number of nitrogens with one attached hydrogen (secondary N) is 1. The van der Waals surface area contributed by atoms with Gasteiger partial charge in [0.05, 0.1) is 19.3 Å². The lowest BCUT2D eigenvalue weighted by Crippen LogP contribution is -2.41. The number of carboxylic acid groups (broad SMARTS) is 1. The Morgan fingerprint density at radius 3 is 2.86 bits per heavy atom. The molecule has 0 aromatic carbocycles. The Balaban J connectivity index is 2.40. The Labute approximate surface area is 122 Å². The second-order valence-corrected chi connectivity index (χ2v) is 4.24. The highest BCUT2D eigenvalue weighted by atomic mass is 16.5. The van der Waals surface area contributed by atoms with Crippen LogP contribution < -0.4 is 5.32 Å². The molecule has 1 heterocycles. The summed E-state index contributed by atoms with van der Waals surface area (Å²) < 4.78 is 6.42. The Hall–Kier alpha value is -2.16. The Bertz CT molecular complexity index is 462. The number of rotatable bonds is 9. The van der Waals surface area contributed by atoms with E-state index in [-0.39, 0.29) is 19.1 Å². The van der Waals surface area contributed by atoms with Crippen molar-refractivity contribution in [3.63, 3.8) is 0 Å². The number of carbonyl (C=O) groups excluding carboxylic acids is 1. The smallest absolute Gasteiger partial charge is 0.325 e. The summed E-state index contributed by atoms with van der Waals surface area (Å²) in [5.41, 5.74) is 0.505. The highest BCUT2D eigenvalue weighted by Gasteiger charge is 2.12. The van der Waals surface area contributed by atoms with E-state index in [1.807, 2.05) is 13.8 Å². The summed E-state index contributed by atoms with van der Waals surface area (Å²) in [6, 6.07) is -0.218. The standard InChI is InChI=1S/C12H21N5O4/c1-3-16(5-6-21-4-2)12(20)13-7-10-8-17(15-14-10)9-11(18)19/h8H,3-7,9H2,1-2H3,(H,13,20)(H,18,19). The van der Waals surface area contributed by atoms with E-state index in [0.717, 1.165) is 0 Å². The van der Waals surface area contributed by atoms with Gasteiger partial charge in [0.15, 0.2) is 0 Å². The summed E-state index contributed by atoms with van der Waals surface area (Å²) in [5.74, 6) is -0.997. The molecular formula is C12H21N5O4. The number of nitrogens with zero attached hydrogens (tertiary/aromatic N) is 4. The number of urea groups is 1. The van der Waals surface area contributed by atoms with Crippen LogP contribution in [0.1, 0.15) is 19.5 Å². The van der Waals surface area contributed by atoms with Crippen LogP contribution in [0.15, 0.2) is 6.20 Å². The maximum atomic E-state index is 11.9. The highest BCUT2D eigenvalue weighted by Crippen LogP contribution is 1.95. The monoisotopic (exact) mass is 299 g/mol. The largest absolute Gasteiger partial charge is 0.480 e. The van der Waals surface area contributed by atoms with Gasteiger partial charge in [0, 0.05) is 19.7 Å². The van der Waals surface area contributed by atoms with E-state index in [4.69, 9.17) is 9.84 Å². The zero-order valence-corrected chi connectivity index (χ0v) is 12.3. The molecule has 2 amide bonds. The van der Waals surface area contributed by atoms with Crippen molar-refractivity contribution in [1.82, 2.24) is 25.2 Å². The van der Waals surface area contributed by atoms with Crippen LogP contribution in [0.25, 0.3) is 0 Å². The Kier molecular flexibility index (Phi) is 7.16. The van der Waals surface area contributed by atoms with Gasteiger partial charge in [0.1, 0.15) is 12.2 Å². The minimum Gasteiger partial charge on any atom is -0.480 e. The van der Waals surface area contributed by atoms with E-state index in [0.29, 0.717) is 32.0 Å². The zero-order valence-electron chi connectivity index (χ0n) is 12.3. The molecule has 1 rings (SSSR count). The van der Waals surface area contributed by atoms with E-state index in [1.165, 1.54) is 10.9 Å². The van der Waals surface area contributed by atoms with Gasteiger partial charge in [-0.1, -0.05) is 5.21 Å². The number of aliphatic carboxylic acids is 1. The predicted octanol–water partition coefficient (Wildman–Crippen LogP) is -0.0693. The number of likely N-dealkylation sites (N-methyl/N-ethyl adjacent to an activating group) is 1. The van der Waals surface area contributed by atoms with Crippen molar-refractivity contribution in [2.24, 2.45) is 0 Å². The normalized spacial score (nSPS) is 10.4. The maximum absolute atomic E-state index is 11.9. The molecule has 0 saturated carbocycles. The van der Waals surface area contributed by atoms with Crippen molar-refractivity contribution in [3.8, 4) is 0 Å². The quantitative estimate of drug-likeness (QED) is 0.618. The third-order valence-corrected chi connectivity index (χ3v) is 2.68. The molecular weight excluding hydrogens is 278 g/mol. The number of hydrogen-bond acceptors (Lipinski definition) is 5. The van der Waals surface area contributed by atoms with Gasteiger partial charge >= 0.3 is 12.0 Å². The zero-order chi connectivity index (χ0) is 15.7. The van der Waals surface area contributed by atoms with Crippen LogP contribution in [-0.4, -0.2) is 63.3 Å². The average Bonchev–Trinajstić information content (AvgIpc) is 2.88. The van der Waals surface area contributed by atoms with Gasteiger partial charge in [0.25, 0.3) is 0 Å². The first kappa shape index (κ1) is 16.9. The molecule has 0 unspecified atom stereocenters. The molecule has 0 saturated heterocycles. The number of carboxylic acids is 1. The van der Waals surface area contributed by atoms with E-state index in [9.17, 15) is 9.59 Å². The van der Waals surface area contributed by atoms with E-state index >= 15 is 0 Å². The summed E-state index contributed by atoms with van der Waals surface area (Å²) in [5, 5.41) is 18.8. The van der Waals surface area contributed by atoms with Crippen molar-refractivity contribution < 1.29 is 19.4 Å². The molecule has 0 aliphatic rings. The van der Waals surface area contributed by atoms with Crippen molar-refractivity contribution >= 4 is 12.0 Å². The molecule has 0 atom stereocenters. The summed E-state index contributed by atoms with van der Waals surface area (Å²) >= 11 is 0. The molecule has 2 N–H and O–H groups in total. The highest BCUT2D eigenvalue weighted by molar-refractivity contribution is 5.74. The van der Waals surface area contributed by atoms with Crippen LogP contribution in [0, 0.1) is 0 Å². The molecule has 1 aromatic heterocycles. The predicted molar refractivity (Wildman–Crippen MR) is 73.6 cm³/mol. The molecule has 0 fully saturated rings. The molecule has 0 aliphatic carbocycles. The minimum atomic E-state index is -0.997. The summed E-state index contributed by atoms with van der Waals surface area (Å²) in [4.78, 5) is 24.1. The third kappa shape index (κ3) is 6.21. The summed E-state index contributed by atoms with van der Waals surface area (Å²) in [6.45, 7) is 5.93. The van der Waals surface area contributed by atoms with Crippen LogP contribution in [-0.2, 0) is 22.6 Å². The number of aromatic nitrogens is 3. The van der Waals surface area contributed by atoms with Crippen molar-refractivity contribution in [3.05, 3.63) is 11.9 Å². The van der Waals surface area contributed by atoms with E-state index in [2.05, 4.69) is 15.6 Å². The first-order chi connectivity index (χ1) is 10.1. The molecule has 0 bridgehead atoms. The van der Waals surface area contributed by atoms with Crippen molar-refractivity contribution in [2.75, 3.05) is 26.3 Å². The third-order valence-electron chi connectivity index (χ3n) is 2.68. The SMILES string of the molecule is CCOCCN(CC)C(=O)NCc1cn(CC(=O)O)nn1. The fourth-order valence-corrected chi connectivity index (χ4v) is 1.64. The van der Waals surface area contributed by atoms with Gasteiger partial charge < -0.3 is 20.1 Å². The van der Waals surface area contributed by atoms with Crippen LogP contribution in [0.3, 0.4) is 0 Å². The van der Waals surface area contributed by atoms with Crippen LogP contribution in [0.2, 0.25) is 0 Å². The summed E-state index contributed by atoms with van der Waals surface area (Å²) in [6.07, 6.45) is 1.49. The molecule has 9 nitrogen and oxygen atoms in total. The molecule has 0 aliphatic heterocycles. The van der Waals surface area contributed by atoms with Gasteiger partial charge in [-0.3, -0.25) is 4.79 Å². The van der Waals surface area contributed by atoms with Crippen molar-refractivity contribution in [1.29, 1.82) is 0 Å². The topological polar surface area (TPSA) is 110 Å². The minimum absolute atomic E-state index is 0.198. The van der Waals surface area contributed by atoms with Gasteiger partial charge in [-0.05, 0) is 13.8 Å². The molecule has 1 aromatic rings. The molecule has 9 heteroatoms. The van der Waals surface area contributed by atoms with Gasteiger partial charge in [-0.15, -0.1) is 5.10 Å². The van der Waals surface area contributed by atoms with Crippen LogP contribution in [0.5, 0.6) is 0 Å². The van der Waals surface area contributed by atoms with Gasteiger partial charge in [-0.2, -0.15) is 0 Å². The number of ether oxygens (including phenoxy) is 1. The number of amides is 2. The maximum Gasteiger partial charge on any atom is 0.325 e.